The first-order valence-corrected chi connectivity index (χ1v) is 6.58. The number of carbonyl (C=O) groups excluding carboxylic acids is 1. The van der Waals surface area contributed by atoms with Gasteiger partial charge in [0.1, 0.15) is 0 Å². The molecule has 0 saturated heterocycles. The summed E-state index contributed by atoms with van der Waals surface area (Å²) in [6.07, 6.45) is 0. The van der Waals surface area contributed by atoms with Crippen LogP contribution in [0.15, 0.2) is 42.5 Å². The molecule has 0 radical (unpaired) electrons. The molecule has 0 unspecified atom stereocenters. The van der Waals surface area contributed by atoms with Crippen LogP contribution in [-0.4, -0.2) is 28.1 Å². The molecule has 0 aliphatic carbocycles. The molecule has 2 aromatic carbocycles. The largest absolute Gasteiger partial charge is 0.504 e. The summed E-state index contributed by atoms with van der Waals surface area (Å²) < 4.78 is 0. The van der Waals surface area contributed by atoms with Crippen molar-refractivity contribution in [3.8, 4) is 11.5 Å². The van der Waals surface area contributed by atoms with Crippen LogP contribution in [0.1, 0.15) is 21.5 Å². The van der Waals surface area contributed by atoms with Gasteiger partial charge in [-0.3, -0.25) is 4.79 Å². The minimum atomic E-state index is -0.401. The number of phenolic OH excluding ortho intramolecular Hbond substituents is 2. The molecule has 2 aromatic rings. The molecule has 110 valence electrons. The van der Waals surface area contributed by atoms with Crippen LogP contribution in [0.25, 0.3) is 0 Å². The molecule has 2 rings (SSSR count). The molecule has 0 heterocycles. The summed E-state index contributed by atoms with van der Waals surface area (Å²) in [5.74, 6) is -1.08. The van der Waals surface area contributed by atoms with Crippen molar-refractivity contribution >= 4 is 5.91 Å². The molecule has 0 spiro atoms. The molecule has 0 saturated carbocycles. The Hall–Kier alpha value is -2.53. The number of benzene rings is 2. The van der Waals surface area contributed by atoms with E-state index in [1.54, 1.807) is 7.05 Å². The second-order valence-electron chi connectivity index (χ2n) is 4.81. The number of nitrogens with zero attached hydrogens (tertiary/aromatic N) is 1. The molecule has 0 bridgehead atoms. The topological polar surface area (TPSA) is 86.8 Å². The Morgan fingerprint density at radius 2 is 1.76 bits per heavy atom. The Morgan fingerprint density at radius 1 is 1.10 bits per heavy atom. The molecular weight excluding hydrogens is 268 g/mol. The molecule has 0 aliphatic heterocycles. The molecule has 0 aromatic heterocycles. The van der Waals surface area contributed by atoms with E-state index in [4.69, 9.17) is 5.73 Å². The number of aromatic hydroxyl groups is 2. The van der Waals surface area contributed by atoms with Crippen LogP contribution in [0.2, 0.25) is 0 Å². The highest BCUT2D eigenvalue weighted by Gasteiger charge is 2.18. The quantitative estimate of drug-likeness (QED) is 0.748. The van der Waals surface area contributed by atoms with Crippen LogP contribution < -0.4 is 5.73 Å². The van der Waals surface area contributed by atoms with E-state index in [0.29, 0.717) is 13.1 Å². The van der Waals surface area contributed by atoms with Crippen molar-refractivity contribution in [3.63, 3.8) is 0 Å². The molecule has 0 aliphatic rings. The van der Waals surface area contributed by atoms with E-state index in [9.17, 15) is 15.0 Å². The maximum atomic E-state index is 12.3. The third-order valence-electron chi connectivity index (χ3n) is 3.34. The molecule has 21 heavy (non-hydrogen) atoms. The summed E-state index contributed by atoms with van der Waals surface area (Å²) in [6.45, 7) is 0.775. The number of nitrogens with two attached hydrogens (primary N) is 1. The summed E-state index contributed by atoms with van der Waals surface area (Å²) >= 11 is 0. The van der Waals surface area contributed by atoms with Crippen molar-refractivity contribution in [2.24, 2.45) is 5.73 Å². The van der Waals surface area contributed by atoms with Crippen molar-refractivity contribution in [1.29, 1.82) is 0 Å². The fourth-order valence-corrected chi connectivity index (χ4v) is 2.15. The highest BCUT2D eigenvalue weighted by molar-refractivity contribution is 5.97. The fourth-order valence-electron chi connectivity index (χ4n) is 2.15. The lowest BCUT2D eigenvalue weighted by Gasteiger charge is -2.19. The van der Waals surface area contributed by atoms with Crippen molar-refractivity contribution in [3.05, 3.63) is 59.2 Å². The average Bonchev–Trinajstić information content (AvgIpc) is 2.50. The molecule has 5 nitrogen and oxygen atoms in total. The Labute approximate surface area is 123 Å². The first-order valence-electron chi connectivity index (χ1n) is 6.58. The standard InChI is InChI=1S/C16H18N2O3/c1-18(10-12-6-3-2-5-11(12)9-17)16(21)13-7-4-8-14(19)15(13)20/h2-8,19-20H,9-10,17H2,1H3. The highest BCUT2D eigenvalue weighted by Crippen LogP contribution is 2.29. The Bertz CT molecular complexity index is 656. The van der Waals surface area contributed by atoms with Gasteiger partial charge in [-0.15, -0.1) is 0 Å². The van der Waals surface area contributed by atoms with E-state index in [2.05, 4.69) is 0 Å². The lowest BCUT2D eigenvalue weighted by molar-refractivity contribution is 0.0781. The van der Waals surface area contributed by atoms with Gasteiger partial charge >= 0.3 is 0 Å². The highest BCUT2D eigenvalue weighted by atomic mass is 16.3. The van der Waals surface area contributed by atoms with Crippen molar-refractivity contribution in [2.45, 2.75) is 13.1 Å². The zero-order valence-corrected chi connectivity index (χ0v) is 11.8. The van der Waals surface area contributed by atoms with Gasteiger partial charge in [-0.05, 0) is 23.3 Å². The maximum absolute atomic E-state index is 12.3. The van der Waals surface area contributed by atoms with Gasteiger partial charge in [0, 0.05) is 20.1 Å². The second-order valence-corrected chi connectivity index (χ2v) is 4.81. The van der Waals surface area contributed by atoms with E-state index in [1.807, 2.05) is 24.3 Å². The van der Waals surface area contributed by atoms with Gasteiger partial charge in [-0.1, -0.05) is 30.3 Å². The minimum Gasteiger partial charge on any atom is -0.504 e. The second kappa shape index (κ2) is 6.28. The molecule has 4 N–H and O–H groups in total. The van der Waals surface area contributed by atoms with E-state index in [1.165, 1.54) is 23.1 Å². The van der Waals surface area contributed by atoms with Crippen LogP contribution in [0, 0.1) is 0 Å². The first-order chi connectivity index (χ1) is 10.0. The van der Waals surface area contributed by atoms with E-state index in [0.717, 1.165) is 11.1 Å². The molecular formula is C16H18N2O3. The van der Waals surface area contributed by atoms with Crippen LogP contribution in [0.3, 0.4) is 0 Å². The van der Waals surface area contributed by atoms with E-state index < -0.39 is 5.75 Å². The average molecular weight is 286 g/mol. The van der Waals surface area contributed by atoms with E-state index >= 15 is 0 Å². The maximum Gasteiger partial charge on any atom is 0.257 e. The first kappa shape index (κ1) is 14.9. The summed E-state index contributed by atoms with van der Waals surface area (Å²) in [5, 5.41) is 19.2. The number of hydrogen-bond acceptors (Lipinski definition) is 4. The Kier molecular flexibility index (Phi) is 4.45. The lowest BCUT2D eigenvalue weighted by Crippen LogP contribution is -2.27. The van der Waals surface area contributed by atoms with Gasteiger partial charge in [0.25, 0.3) is 5.91 Å². The van der Waals surface area contributed by atoms with Crippen molar-refractivity contribution in [2.75, 3.05) is 7.05 Å². The number of carbonyl (C=O) groups is 1. The van der Waals surface area contributed by atoms with Gasteiger partial charge in [0.2, 0.25) is 0 Å². The van der Waals surface area contributed by atoms with Gasteiger partial charge in [0.05, 0.1) is 5.56 Å². The third-order valence-corrected chi connectivity index (χ3v) is 3.34. The zero-order valence-electron chi connectivity index (χ0n) is 11.8. The molecule has 0 fully saturated rings. The summed E-state index contributed by atoms with van der Waals surface area (Å²) in [6, 6.07) is 11.9. The number of para-hydroxylation sites is 1. The van der Waals surface area contributed by atoms with Crippen molar-refractivity contribution < 1.29 is 15.0 Å². The van der Waals surface area contributed by atoms with Crippen LogP contribution in [-0.2, 0) is 13.1 Å². The number of rotatable bonds is 4. The fraction of sp³-hybridized carbons (Fsp3) is 0.188. The molecule has 0 atom stereocenters. The number of amides is 1. The van der Waals surface area contributed by atoms with Crippen LogP contribution in [0.5, 0.6) is 11.5 Å². The summed E-state index contributed by atoms with van der Waals surface area (Å²) in [7, 11) is 1.64. The van der Waals surface area contributed by atoms with Gasteiger partial charge in [-0.25, -0.2) is 0 Å². The van der Waals surface area contributed by atoms with Crippen molar-refractivity contribution in [1.82, 2.24) is 4.90 Å². The zero-order chi connectivity index (χ0) is 15.4. The van der Waals surface area contributed by atoms with Gasteiger partial charge < -0.3 is 20.8 Å². The Balaban J connectivity index is 2.22. The summed E-state index contributed by atoms with van der Waals surface area (Å²) in [4.78, 5) is 13.8. The smallest absolute Gasteiger partial charge is 0.257 e. The predicted molar refractivity (Wildman–Crippen MR) is 79.9 cm³/mol. The van der Waals surface area contributed by atoms with Crippen LogP contribution in [0.4, 0.5) is 0 Å². The van der Waals surface area contributed by atoms with Gasteiger partial charge in [0.15, 0.2) is 11.5 Å². The normalized spacial score (nSPS) is 10.4. The predicted octanol–water partition coefficient (Wildman–Crippen LogP) is 1.83. The molecule has 5 heteroatoms. The lowest BCUT2D eigenvalue weighted by atomic mass is 10.1. The van der Waals surface area contributed by atoms with Crippen LogP contribution >= 0.6 is 0 Å². The minimum absolute atomic E-state index is 0.0720. The SMILES string of the molecule is CN(Cc1ccccc1CN)C(=O)c1cccc(O)c1O. The number of hydrogen-bond donors (Lipinski definition) is 3. The third kappa shape index (κ3) is 3.14. The molecule has 1 amide bonds. The van der Waals surface area contributed by atoms with E-state index in [-0.39, 0.29) is 17.2 Å². The Morgan fingerprint density at radius 3 is 2.43 bits per heavy atom. The number of phenols is 2. The monoisotopic (exact) mass is 286 g/mol. The van der Waals surface area contributed by atoms with Gasteiger partial charge in [-0.2, -0.15) is 0 Å². The summed E-state index contributed by atoms with van der Waals surface area (Å²) in [5.41, 5.74) is 7.68.